The van der Waals surface area contributed by atoms with Crippen molar-refractivity contribution in [1.82, 2.24) is 19.8 Å². The summed E-state index contributed by atoms with van der Waals surface area (Å²) in [6.07, 6.45) is 4.00. The quantitative estimate of drug-likeness (QED) is 0.405. The highest BCUT2D eigenvalue weighted by Crippen LogP contribution is 2.41. The average Bonchev–Trinajstić information content (AvgIpc) is 3.68. The summed E-state index contributed by atoms with van der Waals surface area (Å²) in [6, 6.07) is 11.1. The van der Waals surface area contributed by atoms with Gasteiger partial charge in [-0.05, 0) is 55.7 Å². The van der Waals surface area contributed by atoms with Gasteiger partial charge in [-0.25, -0.2) is 17.2 Å². The van der Waals surface area contributed by atoms with E-state index in [0.29, 0.717) is 36.8 Å². The molecule has 10 heteroatoms. The van der Waals surface area contributed by atoms with Crippen molar-refractivity contribution in [2.75, 3.05) is 12.3 Å². The van der Waals surface area contributed by atoms with Crippen LogP contribution in [0.15, 0.2) is 47.5 Å². The van der Waals surface area contributed by atoms with Crippen molar-refractivity contribution < 1.29 is 22.0 Å². The fourth-order valence-corrected chi connectivity index (χ4v) is 6.17. The van der Waals surface area contributed by atoms with Crippen molar-refractivity contribution in [2.45, 2.75) is 81.9 Å². The zero-order chi connectivity index (χ0) is 27.1. The Morgan fingerprint density at radius 3 is 2.61 bits per heavy atom. The summed E-state index contributed by atoms with van der Waals surface area (Å²) in [4.78, 5) is 19.4. The maximum absolute atomic E-state index is 14.0. The van der Waals surface area contributed by atoms with Gasteiger partial charge in [-0.15, -0.1) is 0 Å². The normalized spacial score (nSPS) is 20.1. The molecule has 3 aromatic rings. The lowest BCUT2D eigenvalue weighted by molar-refractivity contribution is -0.0812. The number of hydrogen-bond acceptors (Lipinski definition) is 5. The standard InChI is InChI=1S/C28H34F2N4O3S/c1-3-22-15-28(29,30)11-12-33(22)18-24-14-20-13-19(5-10-26(20)34(24)23-7-8-23)27(35)32-16-21-6-9-25(17-31-21)38(36,37)4-2/h5-6,9-10,13-14,17,22-23H,3-4,7-8,11-12,15-16,18H2,1-2H3,(H,32,35). The fourth-order valence-electron chi connectivity index (χ4n) is 5.34. The third-order valence-electron chi connectivity index (χ3n) is 7.71. The maximum atomic E-state index is 14.0. The van der Waals surface area contributed by atoms with Crippen LogP contribution >= 0.6 is 0 Å². The molecule has 1 unspecified atom stereocenters. The van der Waals surface area contributed by atoms with Crippen LogP contribution in [-0.4, -0.2) is 53.0 Å². The van der Waals surface area contributed by atoms with E-state index in [0.717, 1.165) is 29.4 Å². The number of carbonyl (C=O) groups is 1. The van der Waals surface area contributed by atoms with Crippen LogP contribution in [0.4, 0.5) is 8.78 Å². The first-order chi connectivity index (χ1) is 18.1. The molecule has 5 rings (SSSR count). The Balaban J connectivity index is 1.31. The van der Waals surface area contributed by atoms with Crippen LogP contribution in [0.25, 0.3) is 10.9 Å². The van der Waals surface area contributed by atoms with Gasteiger partial charge in [0.05, 0.1) is 22.9 Å². The predicted molar refractivity (Wildman–Crippen MR) is 142 cm³/mol. The van der Waals surface area contributed by atoms with E-state index in [9.17, 15) is 22.0 Å². The van der Waals surface area contributed by atoms with E-state index < -0.39 is 15.8 Å². The van der Waals surface area contributed by atoms with Gasteiger partial charge in [0.25, 0.3) is 11.8 Å². The SMILES string of the molecule is CCC1CC(F)(F)CCN1Cc1cc2cc(C(=O)NCc3ccc(S(=O)(=O)CC)cn3)ccc2n1C1CC1. The van der Waals surface area contributed by atoms with Gasteiger partial charge in [0.15, 0.2) is 9.84 Å². The minimum absolute atomic E-state index is 0.00455. The van der Waals surface area contributed by atoms with Crippen LogP contribution in [0, 0.1) is 0 Å². The Hall–Kier alpha value is -2.85. The van der Waals surface area contributed by atoms with Gasteiger partial charge in [-0.1, -0.05) is 13.8 Å². The summed E-state index contributed by atoms with van der Waals surface area (Å²) >= 11 is 0. The molecule has 2 fully saturated rings. The van der Waals surface area contributed by atoms with Gasteiger partial charge in [0, 0.05) is 66.4 Å². The summed E-state index contributed by atoms with van der Waals surface area (Å²) in [5, 5.41) is 3.82. The number of sulfone groups is 1. The molecule has 1 saturated carbocycles. The third kappa shape index (κ3) is 5.61. The number of benzene rings is 1. The van der Waals surface area contributed by atoms with Gasteiger partial charge >= 0.3 is 0 Å². The van der Waals surface area contributed by atoms with Gasteiger partial charge in [-0.3, -0.25) is 14.7 Å². The third-order valence-corrected chi connectivity index (χ3v) is 9.43. The molecule has 1 amide bonds. The number of fused-ring (bicyclic) bond motifs is 1. The lowest BCUT2D eigenvalue weighted by atomic mass is 9.96. The molecule has 204 valence electrons. The molecule has 2 aliphatic rings. The maximum Gasteiger partial charge on any atom is 0.251 e. The molecule has 2 aromatic heterocycles. The smallest absolute Gasteiger partial charge is 0.251 e. The molecule has 0 spiro atoms. The first-order valence-electron chi connectivity index (χ1n) is 13.3. The monoisotopic (exact) mass is 544 g/mol. The molecular formula is C28H34F2N4O3S. The van der Waals surface area contributed by atoms with E-state index in [4.69, 9.17) is 0 Å². The van der Waals surface area contributed by atoms with Gasteiger partial charge < -0.3 is 9.88 Å². The number of halogens is 2. The molecule has 1 atom stereocenters. The number of alkyl halides is 2. The largest absolute Gasteiger partial charge is 0.346 e. The molecule has 0 bridgehead atoms. The summed E-state index contributed by atoms with van der Waals surface area (Å²) in [6.45, 7) is 4.73. The highest BCUT2D eigenvalue weighted by atomic mass is 32.2. The van der Waals surface area contributed by atoms with Crippen LogP contribution in [0.1, 0.15) is 73.7 Å². The molecular weight excluding hydrogens is 510 g/mol. The topological polar surface area (TPSA) is 84.3 Å². The second-order valence-corrected chi connectivity index (χ2v) is 12.7. The Labute approximate surface area is 222 Å². The first-order valence-corrected chi connectivity index (χ1v) is 15.0. The summed E-state index contributed by atoms with van der Waals surface area (Å²) in [7, 11) is -3.32. The summed E-state index contributed by atoms with van der Waals surface area (Å²) < 4.78 is 54.3. The van der Waals surface area contributed by atoms with Gasteiger partial charge in [0.2, 0.25) is 0 Å². The molecule has 1 aliphatic carbocycles. The Morgan fingerprint density at radius 2 is 1.95 bits per heavy atom. The second kappa shape index (κ2) is 10.4. The minimum atomic E-state index is -3.32. The van der Waals surface area contributed by atoms with E-state index in [2.05, 4.69) is 25.8 Å². The zero-order valence-electron chi connectivity index (χ0n) is 21.8. The molecule has 1 aromatic carbocycles. The number of piperidine rings is 1. The number of rotatable bonds is 9. The van der Waals surface area contributed by atoms with Gasteiger partial charge in [-0.2, -0.15) is 0 Å². The Morgan fingerprint density at radius 1 is 1.16 bits per heavy atom. The van der Waals surface area contributed by atoms with Crippen LogP contribution < -0.4 is 5.32 Å². The number of amides is 1. The van der Waals surface area contributed by atoms with Crippen molar-refractivity contribution >= 4 is 26.6 Å². The number of aromatic nitrogens is 2. The molecule has 3 heterocycles. The lowest BCUT2D eigenvalue weighted by Gasteiger charge is -2.39. The van der Waals surface area contributed by atoms with E-state index in [-0.39, 0.29) is 42.0 Å². The van der Waals surface area contributed by atoms with Crippen LogP contribution in [0.5, 0.6) is 0 Å². The van der Waals surface area contributed by atoms with Crippen molar-refractivity contribution in [3.05, 3.63) is 59.5 Å². The minimum Gasteiger partial charge on any atom is -0.346 e. The van der Waals surface area contributed by atoms with E-state index in [1.807, 2.05) is 19.1 Å². The molecule has 0 radical (unpaired) electrons. The highest BCUT2D eigenvalue weighted by Gasteiger charge is 2.40. The van der Waals surface area contributed by atoms with Crippen LogP contribution in [0.3, 0.4) is 0 Å². The number of hydrogen-bond donors (Lipinski definition) is 1. The Bertz CT molecular complexity index is 1430. The molecule has 38 heavy (non-hydrogen) atoms. The number of likely N-dealkylation sites (tertiary alicyclic amines) is 1. The molecule has 1 saturated heterocycles. The van der Waals surface area contributed by atoms with Crippen molar-refractivity contribution in [2.24, 2.45) is 0 Å². The van der Waals surface area contributed by atoms with Crippen molar-refractivity contribution in [1.29, 1.82) is 0 Å². The number of carbonyl (C=O) groups excluding carboxylic acids is 1. The zero-order valence-corrected chi connectivity index (χ0v) is 22.6. The van der Waals surface area contributed by atoms with Crippen molar-refractivity contribution in [3.63, 3.8) is 0 Å². The predicted octanol–water partition coefficient (Wildman–Crippen LogP) is 5.10. The summed E-state index contributed by atoms with van der Waals surface area (Å²) in [5.74, 6) is -2.83. The fraction of sp³-hybridized carbons (Fsp3) is 0.500. The number of pyridine rings is 1. The van der Waals surface area contributed by atoms with E-state index >= 15 is 0 Å². The molecule has 1 aliphatic heterocycles. The van der Waals surface area contributed by atoms with Crippen LogP contribution in [0.2, 0.25) is 0 Å². The average molecular weight is 545 g/mol. The molecule has 7 nitrogen and oxygen atoms in total. The summed E-state index contributed by atoms with van der Waals surface area (Å²) in [5.41, 5.74) is 3.25. The van der Waals surface area contributed by atoms with Crippen molar-refractivity contribution in [3.8, 4) is 0 Å². The number of nitrogens with zero attached hydrogens (tertiary/aromatic N) is 3. The number of nitrogens with one attached hydrogen (secondary N) is 1. The highest BCUT2D eigenvalue weighted by molar-refractivity contribution is 7.91. The van der Waals surface area contributed by atoms with E-state index in [1.54, 1.807) is 19.1 Å². The first kappa shape index (κ1) is 26.7. The van der Waals surface area contributed by atoms with E-state index in [1.165, 1.54) is 12.3 Å². The lowest BCUT2D eigenvalue weighted by Crippen LogP contribution is -2.46. The van der Waals surface area contributed by atoms with Crippen LogP contribution in [-0.2, 0) is 22.9 Å². The second-order valence-electron chi connectivity index (χ2n) is 10.4. The Kier molecular flexibility index (Phi) is 7.30. The van der Waals surface area contributed by atoms with Gasteiger partial charge in [0.1, 0.15) is 0 Å². The molecule has 1 N–H and O–H groups in total.